The number of pyridine rings is 1. The Labute approximate surface area is 376 Å². The minimum atomic E-state index is -1.03. The largest absolute Gasteiger partial charge is 0.508 e. The van der Waals surface area contributed by atoms with E-state index in [-0.39, 0.29) is 55.1 Å². The molecule has 5 heterocycles. The van der Waals surface area contributed by atoms with Crippen molar-refractivity contribution in [3.8, 4) is 17.1 Å². The highest BCUT2D eigenvalue weighted by atomic mass is 16.5. The van der Waals surface area contributed by atoms with Crippen molar-refractivity contribution in [1.82, 2.24) is 40.1 Å². The summed E-state index contributed by atoms with van der Waals surface area (Å²) >= 11 is 0. The second kappa shape index (κ2) is 20.8. The number of fused-ring (bicyclic) bond motifs is 1. The minimum Gasteiger partial charge on any atom is -0.508 e. The fourth-order valence-electron chi connectivity index (χ4n) is 9.14. The van der Waals surface area contributed by atoms with Crippen molar-refractivity contribution in [2.45, 2.75) is 98.0 Å². The molecular weight excluding hydrogens is 819 g/mol. The summed E-state index contributed by atoms with van der Waals surface area (Å²) in [6, 6.07) is 7.19. The standard InChI is InChI=1S/C47H65N9O8/c1-9-40(59)54-19-14-33(25-54)45(61)52(7)42(30(2)3)44(60)51-38(46(62)56-18-11-10-17-49-56)23-32-21-34(24-35(58)22-32)53-20-15-37-39(26-53)55(27-47(5,6)28-64-29-57)43(50-37)36-13-12-16-48-41(36)31(4)63-8/h9,12-13,16,21-22,24,29-31,33,38,42,49,58H,1,10-11,14-15,17-20,23,25-28H2,2-8H3,(H,51,60)/t31-,33-,38-,42-/m0/s1. The smallest absolute Gasteiger partial charge is 0.293 e. The van der Waals surface area contributed by atoms with Gasteiger partial charge >= 0.3 is 0 Å². The minimum absolute atomic E-state index is 0.00717. The van der Waals surface area contributed by atoms with Crippen LogP contribution < -0.4 is 15.6 Å². The van der Waals surface area contributed by atoms with Crippen LogP contribution >= 0.6 is 0 Å². The van der Waals surface area contributed by atoms with Crippen molar-refractivity contribution in [2.75, 3.05) is 58.4 Å². The van der Waals surface area contributed by atoms with E-state index in [1.165, 1.54) is 11.0 Å². The number of carbonyl (C=O) groups excluding carboxylic acids is 5. The van der Waals surface area contributed by atoms with Gasteiger partial charge in [-0.3, -0.25) is 34.0 Å². The predicted octanol–water partition coefficient (Wildman–Crippen LogP) is 3.79. The second-order valence-corrected chi connectivity index (χ2v) is 18.3. The molecule has 0 aliphatic carbocycles. The van der Waals surface area contributed by atoms with Crippen molar-refractivity contribution in [3.05, 3.63) is 71.8 Å². The van der Waals surface area contributed by atoms with E-state index < -0.39 is 29.3 Å². The molecule has 3 aliphatic heterocycles. The van der Waals surface area contributed by atoms with Crippen molar-refractivity contribution in [1.29, 1.82) is 0 Å². The van der Waals surface area contributed by atoms with Gasteiger partial charge < -0.3 is 39.2 Å². The number of nitrogens with one attached hydrogen (secondary N) is 2. The zero-order chi connectivity index (χ0) is 46.3. The fraction of sp³-hybridized carbons (Fsp3) is 0.553. The first-order valence-corrected chi connectivity index (χ1v) is 22.3. The molecule has 0 bridgehead atoms. The maximum atomic E-state index is 14.3. The van der Waals surface area contributed by atoms with E-state index in [4.69, 9.17) is 14.5 Å². The molecule has 0 unspecified atom stereocenters. The third-order valence-electron chi connectivity index (χ3n) is 12.5. The summed E-state index contributed by atoms with van der Waals surface area (Å²) in [5.74, 6) is -1.29. The number of phenolic OH excluding ortho intramolecular Hbond substituents is 1. The number of likely N-dealkylation sites (tertiary alicyclic amines) is 1. The number of hydrazine groups is 1. The molecule has 0 saturated carbocycles. The molecule has 346 valence electrons. The first-order valence-electron chi connectivity index (χ1n) is 22.3. The Hall–Kier alpha value is -5.81. The van der Waals surface area contributed by atoms with Crippen LogP contribution in [0, 0.1) is 17.3 Å². The molecule has 17 nitrogen and oxygen atoms in total. The van der Waals surface area contributed by atoms with Gasteiger partial charge in [0.05, 0.1) is 42.3 Å². The van der Waals surface area contributed by atoms with Crippen LogP contribution in [0.2, 0.25) is 0 Å². The molecule has 2 aromatic heterocycles. The number of nitrogens with zero attached hydrogens (tertiary/aromatic N) is 7. The van der Waals surface area contributed by atoms with E-state index in [9.17, 15) is 29.1 Å². The molecule has 0 radical (unpaired) electrons. The van der Waals surface area contributed by atoms with E-state index in [0.717, 1.165) is 47.0 Å². The van der Waals surface area contributed by atoms with Crippen LogP contribution in [0.25, 0.3) is 11.4 Å². The molecule has 2 saturated heterocycles. The number of hydrogen-bond acceptors (Lipinski definition) is 12. The first-order chi connectivity index (χ1) is 30.5. The number of amides is 4. The number of aromatic nitrogens is 3. The van der Waals surface area contributed by atoms with Crippen LogP contribution in [0.5, 0.6) is 5.75 Å². The lowest BCUT2D eigenvalue weighted by molar-refractivity contribution is -0.145. The van der Waals surface area contributed by atoms with Crippen molar-refractivity contribution < 1.29 is 38.6 Å². The Balaban J connectivity index is 1.29. The highest BCUT2D eigenvalue weighted by Crippen LogP contribution is 2.36. The molecule has 6 rings (SSSR count). The van der Waals surface area contributed by atoms with Gasteiger partial charge in [0, 0.05) is 95.2 Å². The van der Waals surface area contributed by atoms with Crippen LogP contribution in [-0.4, -0.2) is 130 Å². The Kier molecular flexibility index (Phi) is 15.5. The van der Waals surface area contributed by atoms with Gasteiger partial charge in [0.25, 0.3) is 12.4 Å². The number of carbonyl (C=O) groups is 5. The normalized spacial score (nSPS) is 17.9. The third kappa shape index (κ3) is 10.9. The molecule has 4 atom stereocenters. The predicted molar refractivity (Wildman–Crippen MR) is 240 cm³/mol. The topological polar surface area (TPSA) is 192 Å². The quantitative estimate of drug-likeness (QED) is 0.124. The number of imidazole rings is 1. The average molecular weight is 884 g/mol. The fourth-order valence-corrected chi connectivity index (χ4v) is 9.14. The maximum absolute atomic E-state index is 14.3. The summed E-state index contributed by atoms with van der Waals surface area (Å²) < 4.78 is 13.1. The number of phenols is 1. The Morgan fingerprint density at radius 2 is 1.91 bits per heavy atom. The molecule has 17 heteroatoms. The number of aromatic hydroxyl groups is 1. The van der Waals surface area contributed by atoms with Crippen LogP contribution in [0.15, 0.2) is 49.2 Å². The molecule has 3 N–H and O–H groups in total. The van der Waals surface area contributed by atoms with Gasteiger partial charge in [-0.1, -0.05) is 34.3 Å². The third-order valence-corrected chi connectivity index (χ3v) is 12.5. The Bertz CT molecular complexity index is 2180. The SMILES string of the molecule is C=CC(=O)N1CC[C@H](C(=O)N(C)[C@H](C(=O)N[C@@H](Cc2cc(O)cc(N3CCc4nc(-c5cccnc5[C@H](C)OC)n(CC(C)(C)COC=O)c4C3)c2)C(=O)N2CCCCN2)C(C)C)C1. The first kappa shape index (κ1) is 47.7. The van der Waals surface area contributed by atoms with Crippen molar-refractivity contribution in [2.24, 2.45) is 17.3 Å². The van der Waals surface area contributed by atoms with Crippen LogP contribution in [-0.2, 0) is 59.4 Å². The Morgan fingerprint density at radius 1 is 1.12 bits per heavy atom. The lowest BCUT2D eigenvalue weighted by atomic mass is 9.94. The lowest BCUT2D eigenvalue weighted by Gasteiger charge is -2.35. The molecular formula is C47H65N9O8. The summed E-state index contributed by atoms with van der Waals surface area (Å²) in [4.78, 5) is 81.0. The lowest BCUT2D eigenvalue weighted by Crippen LogP contribution is -2.59. The zero-order valence-electron chi connectivity index (χ0n) is 38.3. The van der Waals surface area contributed by atoms with Crippen molar-refractivity contribution in [3.63, 3.8) is 0 Å². The average Bonchev–Trinajstić information content (AvgIpc) is 3.92. The summed E-state index contributed by atoms with van der Waals surface area (Å²) in [5, 5.41) is 15.8. The molecule has 4 amide bonds. The molecule has 64 heavy (non-hydrogen) atoms. The van der Waals surface area contributed by atoms with Gasteiger partial charge in [-0.2, -0.15) is 0 Å². The molecule has 2 fully saturated rings. The van der Waals surface area contributed by atoms with E-state index in [2.05, 4.69) is 31.8 Å². The van der Waals surface area contributed by atoms with E-state index in [1.807, 2.05) is 52.8 Å². The van der Waals surface area contributed by atoms with Gasteiger partial charge in [0.2, 0.25) is 17.7 Å². The number of hydrogen-bond donors (Lipinski definition) is 3. The molecule has 3 aliphatic rings. The number of methoxy groups -OCH3 is 1. The van der Waals surface area contributed by atoms with Gasteiger partial charge in [0.15, 0.2) is 0 Å². The maximum Gasteiger partial charge on any atom is 0.293 e. The summed E-state index contributed by atoms with van der Waals surface area (Å²) in [6.45, 7) is 17.2. The summed E-state index contributed by atoms with van der Waals surface area (Å²) in [5.41, 5.74) is 7.57. The Morgan fingerprint density at radius 3 is 2.59 bits per heavy atom. The summed E-state index contributed by atoms with van der Waals surface area (Å²) in [6.07, 6.45) is 5.54. The molecule has 3 aromatic rings. The number of likely N-dealkylation sites (N-methyl/N-ethyl adjacent to an activating group) is 1. The highest BCUT2D eigenvalue weighted by molar-refractivity contribution is 5.93. The number of benzene rings is 1. The number of ether oxygens (including phenoxy) is 2. The summed E-state index contributed by atoms with van der Waals surface area (Å²) in [7, 11) is 3.24. The van der Waals surface area contributed by atoms with Crippen LogP contribution in [0.1, 0.15) is 82.6 Å². The van der Waals surface area contributed by atoms with Crippen LogP contribution in [0.3, 0.4) is 0 Å². The van der Waals surface area contributed by atoms with E-state index in [1.54, 1.807) is 42.4 Å². The monoisotopic (exact) mass is 883 g/mol. The zero-order valence-corrected chi connectivity index (χ0v) is 38.3. The van der Waals surface area contributed by atoms with Gasteiger partial charge in [-0.25, -0.2) is 10.4 Å². The number of rotatable bonds is 18. The highest BCUT2D eigenvalue weighted by Gasteiger charge is 2.39. The van der Waals surface area contributed by atoms with Gasteiger partial charge in [-0.15, -0.1) is 0 Å². The van der Waals surface area contributed by atoms with E-state index in [0.29, 0.717) is 64.1 Å². The number of anilines is 1. The van der Waals surface area contributed by atoms with Crippen LogP contribution in [0.4, 0.5) is 5.69 Å². The van der Waals surface area contributed by atoms with Crippen molar-refractivity contribution >= 4 is 35.8 Å². The molecule has 0 spiro atoms. The van der Waals surface area contributed by atoms with Gasteiger partial charge in [-0.05, 0) is 68.0 Å². The second-order valence-electron chi connectivity index (χ2n) is 18.3. The van der Waals surface area contributed by atoms with Gasteiger partial charge in [0.1, 0.15) is 23.7 Å². The van der Waals surface area contributed by atoms with E-state index >= 15 is 0 Å². The molecule has 1 aromatic carbocycles.